The maximum atomic E-state index is 5.15. The van der Waals surface area contributed by atoms with Gasteiger partial charge in [-0.15, -0.1) is 0 Å². The Kier molecular flexibility index (Phi) is 8.08. The Morgan fingerprint density at radius 3 is 1.05 bits per heavy atom. The molecule has 5 heteroatoms. The van der Waals surface area contributed by atoms with Gasteiger partial charge in [0.15, 0.2) is 0 Å². The molecular formula is C50H33N5. The van der Waals surface area contributed by atoms with E-state index in [9.17, 15) is 0 Å². The molecule has 258 valence electrons. The number of fused-ring (bicyclic) bond motifs is 3. The smallest absolute Gasteiger partial charge is 0.0973 e. The Balaban J connectivity index is 1.10. The highest BCUT2D eigenvalue weighted by Gasteiger charge is 2.19. The van der Waals surface area contributed by atoms with Gasteiger partial charge in [0.05, 0.1) is 50.5 Å². The summed E-state index contributed by atoms with van der Waals surface area (Å²) in [6.07, 6.45) is 0. The van der Waals surface area contributed by atoms with Gasteiger partial charge in [0, 0.05) is 39.0 Å². The van der Waals surface area contributed by atoms with Crippen LogP contribution in [0.15, 0.2) is 200 Å². The average Bonchev–Trinajstić information content (AvgIpc) is 3.27. The van der Waals surface area contributed by atoms with Crippen molar-refractivity contribution < 1.29 is 0 Å². The number of nitrogens with zero attached hydrogens (tertiary/aromatic N) is 5. The van der Waals surface area contributed by atoms with E-state index in [0.717, 1.165) is 89.5 Å². The van der Waals surface area contributed by atoms with Crippen LogP contribution in [0.25, 0.3) is 77.9 Å². The molecular weight excluding hydrogens is 671 g/mol. The summed E-state index contributed by atoms with van der Waals surface area (Å²) in [5.41, 5.74) is 14.1. The predicted molar refractivity (Wildman–Crippen MR) is 227 cm³/mol. The van der Waals surface area contributed by atoms with Gasteiger partial charge in [0.2, 0.25) is 0 Å². The van der Waals surface area contributed by atoms with E-state index in [0.29, 0.717) is 0 Å². The Morgan fingerprint density at radius 2 is 0.618 bits per heavy atom. The van der Waals surface area contributed by atoms with Gasteiger partial charge in [0.1, 0.15) is 0 Å². The molecule has 0 radical (unpaired) electrons. The van der Waals surface area contributed by atoms with Crippen LogP contribution in [0.5, 0.6) is 0 Å². The fourth-order valence-electron chi connectivity index (χ4n) is 7.36. The molecule has 0 spiro atoms. The van der Waals surface area contributed by atoms with Crippen LogP contribution in [0.1, 0.15) is 0 Å². The second-order valence-corrected chi connectivity index (χ2v) is 13.5. The minimum atomic E-state index is 0.850. The first-order chi connectivity index (χ1) is 27.3. The summed E-state index contributed by atoms with van der Waals surface area (Å²) < 4.78 is 0. The first-order valence-corrected chi connectivity index (χ1v) is 18.4. The lowest BCUT2D eigenvalue weighted by molar-refractivity contribution is 1.27. The van der Waals surface area contributed by atoms with Gasteiger partial charge in [-0.3, -0.25) is 0 Å². The molecule has 0 aliphatic heterocycles. The summed E-state index contributed by atoms with van der Waals surface area (Å²) >= 11 is 0. The summed E-state index contributed by atoms with van der Waals surface area (Å²) in [7, 11) is 0. The van der Waals surface area contributed by atoms with E-state index in [2.05, 4.69) is 120 Å². The van der Waals surface area contributed by atoms with Gasteiger partial charge in [-0.2, -0.15) is 0 Å². The number of aromatic nitrogens is 4. The van der Waals surface area contributed by atoms with Gasteiger partial charge < -0.3 is 4.90 Å². The van der Waals surface area contributed by atoms with Crippen LogP contribution in [0.4, 0.5) is 17.1 Å². The van der Waals surface area contributed by atoms with Crippen LogP contribution in [0.2, 0.25) is 0 Å². The molecule has 0 saturated heterocycles. The Labute approximate surface area is 318 Å². The number of rotatable bonds is 7. The summed E-state index contributed by atoms with van der Waals surface area (Å²) in [4.78, 5) is 22.8. The molecule has 0 saturated carbocycles. The molecule has 8 aromatic carbocycles. The third kappa shape index (κ3) is 6.04. The molecule has 10 aromatic rings. The van der Waals surface area contributed by atoms with Crippen molar-refractivity contribution in [2.75, 3.05) is 4.90 Å². The number of anilines is 3. The van der Waals surface area contributed by atoms with Crippen molar-refractivity contribution in [3.63, 3.8) is 0 Å². The molecule has 0 atom stereocenters. The van der Waals surface area contributed by atoms with E-state index in [1.54, 1.807) is 0 Å². The standard InChI is InChI=1S/C50H33N5/c1-3-15-35(16-4-1)47-49(53-44-23-11-9-21-42(44)51-47)37-26-30-39(31-27-37)55(46-25-13-19-34-14-7-8-20-41(34)46)40-32-28-38(29-33-40)50-48(36-17-5-2-6-18-36)52-43-22-10-12-24-45(43)54-50/h1-33H. The lowest BCUT2D eigenvalue weighted by Gasteiger charge is -2.27. The molecule has 0 N–H and O–H groups in total. The predicted octanol–water partition coefficient (Wildman–Crippen LogP) is 12.9. The van der Waals surface area contributed by atoms with Crippen LogP contribution in [-0.4, -0.2) is 19.9 Å². The van der Waals surface area contributed by atoms with Crippen LogP contribution < -0.4 is 4.90 Å². The Morgan fingerprint density at radius 1 is 0.273 bits per heavy atom. The normalized spacial score (nSPS) is 11.3. The van der Waals surface area contributed by atoms with Gasteiger partial charge >= 0.3 is 0 Å². The topological polar surface area (TPSA) is 54.8 Å². The van der Waals surface area contributed by atoms with Crippen molar-refractivity contribution in [1.29, 1.82) is 0 Å². The van der Waals surface area contributed by atoms with Crippen LogP contribution >= 0.6 is 0 Å². The molecule has 2 aromatic heterocycles. The van der Waals surface area contributed by atoms with E-state index >= 15 is 0 Å². The fourth-order valence-corrected chi connectivity index (χ4v) is 7.36. The first kappa shape index (κ1) is 32.2. The monoisotopic (exact) mass is 703 g/mol. The molecule has 5 nitrogen and oxygen atoms in total. The second-order valence-electron chi connectivity index (χ2n) is 13.5. The van der Waals surface area contributed by atoms with Crippen LogP contribution in [0, 0.1) is 0 Å². The van der Waals surface area contributed by atoms with Gasteiger partial charge in [-0.05, 0) is 60.0 Å². The third-order valence-electron chi connectivity index (χ3n) is 10.0. The van der Waals surface area contributed by atoms with E-state index in [-0.39, 0.29) is 0 Å². The second kappa shape index (κ2) is 13.8. The highest BCUT2D eigenvalue weighted by molar-refractivity contribution is 5.99. The van der Waals surface area contributed by atoms with Crippen molar-refractivity contribution in [3.05, 3.63) is 200 Å². The lowest BCUT2D eigenvalue weighted by atomic mass is 10.0. The van der Waals surface area contributed by atoms with Crippen LogP contribution in [0.3, 0.4) is 0 Å². The molecule has 10 rings (SSSR count). The van der Waals surface area contributed by atoms with Gasteiger partial charge in [-0.1, -0.05) is 146 Å². The summed E-state index contributed by atoms with van der Waals surface area (Å²) in [5, 5.41) is 2.34. The highest BCUT2D eigenvalue weighted by atomic mass is 15.1. The Hall–Kier alpha value is -7.50. The molecule has 55 heavy (non-hydrogen) atoms. The number of hydrogen-bond donors (Lipinski definition) is 0. The van der Waals surface area contributed by atoms with Gasteiger partial charge in [0.25, 0.3) is 0 Å². The molecule has 0 unspecified atom stereocenters. The van der Waals surface area contributed by atoms with Gasteiger partial charge in [-0.25, -0.2) is 19.9 Å². The number of para-hydroxylation sites is 4. The average molecular weight is 704 g/mol. The first-order valence-electron chi connectivity index (χ1n) is 18.4. The van der Waals surface area contributed by atoms with Crippen LogP contribution in [-0.2, 0) is 0 Å². The maximum Gasteiger partial charge on any atom is 0.0973 e. The molecule has 0 amide bonds. The minimum Gasteiger partial charge on any atom is -0.310 e. The van der Waals surface area contributed by atoms with E-state index in [4.69, 9.17) is 19.9 Å². The van der Waals surface area contributed by atoms with E-state index < -0.39 is 0 Å². The van der Waals surface area contributed by atoms with Crippen molar-refractivity contribution >= 4 is 49.9 Å². The molecule has 0 bridgehead atoms. The van der Waals surface area contributed by atoms with Crippen molar-refractivity contribution in [2.45, 2.75) is 0 Å². The largest absolute Gasteiger partial charge is 0.310 e. The van der Waals surface area contributed by atoms with E-state index in [1.807, 2.05) is 84.9 Å². The summed E-state index contributed by atoms with van der Waals surface area (Å²) in [6, 6.07) is 69.1. The van der Waals surface area contributed by atoms with E-state index in [1.165, 1.54) is 5.39 Å². The quantitative estimate of drug-likeness (QED) is 0.165. The zero-order valence-corrected chi connectivity index (χ0v) is 29.8. The fraction of sp³-hybridized carbons (Fsp3) is 0. The molecule has 0 aliphatic rings. The maximum absolute atomic E-state index is 5.15. The molecule has 2 heterocycles. The number of benzene rings is 8. The third-order valence-corrected chi connectivity index (χ3v) is 10.0. The van der Waals surface area contributed by atoms with Crippen molar-refractivity contribution in [1.82, 2.24) is 19.9 Å². The molecule has 0 aliphatic carbocycles. The Bertz CT molecular complexity index is 2790. The lowest BCUT2D eigenvalue weighted by Crippen LogP contribution is -2.10. The number of hydrogen-bond acceptors (Lipinski definition) is 5. The minimum absolute atomic E-state index is 0.850. The SMILES string of the molecule is c1ccc(-c2nc3ccccc3nc2-c2ccc(N(c3ccc(-c4nc5ccccc5nc4-c4ccccc4)cc3)c3cccc4ccccc34)cc2)cc1. The summed E-state index contributed by atoms with van der Waals surface area (Å²) in [6.45, 7) is 0. The molecule has 0 fully saturated rings. The highest BCUT2D eigenvalue weighted by Crippen LogP contribution is 2.41. The van der Waals surface area contributed by atoms with Crippen molar-refractivity contribution in [2.24, 2.45) is 0 Å². The van der Waals surface area contributed by atoms with Crippen molar-refractivity contribution in [3.8, 4) is 45.0 Å². The zero-order chi connectivity index (χ0) is 36.6. The summed E-state index contributed by atoms with van der Waals surface area (Å²) in [5.74, 6) is 0. The zero-order valence-electron chi connectivity index (χ0n) is 29.8.